The summed E-state index contributed by atoms with van der Waals surface area (Å²) in [6, 6.07) is 17.0. The molecule has 3 aromatic rings. The van der Waals surface area contributed by atoms with Crippen molar-refractivity contribution in [3.8, 4) is 5.75 Å². The highest BCUT2D eigenvalue weighted by Gasteiger charge is 2.28. The van der Waals surface area contributed by atoms with Crippen molar-refractivity contribution in [1.82, 2.24) is 14.9 Å². The zero-order valence-corrected chi connectivity index (χ0v) is 17.9. The predicted octanol–water partition coefficient (Wildman–Crippen LogP) is 3.92. The Hall–Kier alpha value is -2.29. The van der Waals surface area contributed by atoms with E-state index in [0.717, 1.165) is 29.1 Å². The highest BCUT2D eigenvalue weighted by molar-refractivity contribution is 14.0. The van der Waals surface area contributed by atoms with Crippen LogP contribution >= 0.6 is 24.0 Å². The van der Waals surface area contributed by atoms with Crippen molar-refractivity contribution in [2.24, 2.45) is 10.7 Å². The molecule has 0 amide bonds. The van der Waals surface area contributed by atoms with Gasteiger partial charge in [-0.2, -0.15) is 0 Å². The van der Waals surface area contributed by atoms with Crippen LogP contribution in [0.1, 0.15) is 42.7 Å². The molecule has 0 bridgehead atoms. The Bertz CT molecular complexity index is 1010. The van der Waals surface area contributed by atoms with E-state index >= 15 is 0 Å². The summed E-state index contributed by atoms with van der Waals surface area (Å²) in [5.41, 5.74) is 9.56. The van der Waals surface area contributed by atoms with Gasteiger partial charge in [0.1, 0.15) is 18.1 Å². The van der Waals surface area contributed by atoms with E-state index in [1.807, 2.05) is 24.3 Å². The number of nitrogens with two attached hydrogens (primary N) is 1. The maximum atomic E-state index is 6.21. The van der Waals surface area contributed by atoms with Crippen LogP contribution in [0.4, 0.5) is 0 Å². The van der Waals surface area contributed by atoms with Gasteiger partial charge in [-0.1, -0.05) is 30.3 Å². The molecular formula is C21H24IN5O. The number of rotatable bonds is 4. The number of nitrogens with zero attached hydrogens (tertiary/aromatic N) is 3. The van der Waals surface area contributed by atoms with E-state index in [2.05, 4.69) is 39.1 Å². The summed E-state index contributed by atoms with van der Waals surface area (Å²) in [5.74, 6) is 2.35. The number of guanidine groups is 1. The van der Waals surface area contributed by atoms with Gasteiger partial charge >= 0.3 is 0 Å². The molecule has 2 aliphatic rings. The number of fused-ring (bicyclic) bond motifs is 2. The molecule has 0 radical (unpaired) electrons. The molecule has 0 saturated heterocycles. The molecule has 1 aliphatic carbocycles. The Kier molecular flexibility index (Phi) is 5.43. The van der Waals surface area contributed by atoms with E-state index in [0.29, 0.717) is 25.2 Å². The summed E-state index contributed by atoms with van der Waals surface area (Å²) >= 11 is 0. The molecule has 7 heteroatoms. The number of ether oxygens (including phenoxy) is 1. The lowest BCUT2D eigenvalue weighted by atomic mass is 10.0. The zero-order valence-electron chi connectivity index (χ0n) is 15.5. The Balaban J connectivity index is 0.00000192. The standard InChI is InChI=1S/C21H23N5O.HI/c22-21(25-16-11-12-27-19-8-4-1-5-15(16)19)23-13-20-24-17-6-2-3-7-18(17)26(20)14-9-10-14;/h1-8,14,16H,9-13H2,(H3,22,23,25);1H. The molecule has 1 aliphatic heterocycles. The molecule has 2 aromatic carbocycles. The van der Waals surface area contributed by atoms with Gasteiger partial charge in [0.25, 0.3) is 0 Å². The average Bonchev–Trinajstić information content (AvgIpc) is 3.47. The van der Waals surface area contributed by atoms with E-state index in [1.54, 1.807) is 0 Å². The summed E-state index contributed by atoms with van der Waals surface area (Å²) in [6.07, 6.45) is 3.29. The third kappa shape index (κ3) is 3.67. The highest BCUT2D eigenvalue weighted by atomic mass is 127. The van der Waals surface area contributed by atoms with E-state index in [9.17, 15) is 0 Å². The van der Waals surface area contributed by atoms with E-state index < -0.39 is 0 Å². The first-order valence-electron chi connectivity index (χ1n) is 9.53. The minimum absolute atomic E-state index is 0. The van der Waals surface area contributed by atoms with Gasteiger partial charge in [-0.25, -0.2) is 9.98 Å². The number of aromatic nitrogens is 2. The molecule has 2 heterocycles. The molecule has 1 aromatic heterocycles. The zero-order chi connectivity index (χ0) is 18.2. The SMILES string of the molecule is I.NC(=NCc1nc2ccccc2n1C1CC1)NC1CCOc2ccccc21. The Labute approximate surface area is 181 Å². The van der Waals surface area contributed by atoms with Gasteiger partial charge in [0.05, 0.1) is 23.7 Å². The number of nitrogens with one attached hydrogen (secondary N) is 1. The lowest BCUT2D eigenvalue weighted by molar-refractivity contribution is 0.262. The molecule has 1 unspecified atom stereocenters. The summed E-state index contributed by atoms with van der Waals surface area (Å²) in [5, 5.41) is 3.35. The number of benzene rings is 2. The Morgan fingerprint density at radius 3 is 2.79 bits per heavy atom. The quantitative estimate of drug-likeness (QED) is 0.331. The van der Waals surface area contributed by atoms with Crippen molar-refractivity contribution >= 4 is 41.0 Å². The van der Waals surface area contributed by atoms with Crippen molar-refractivity contribution in [2.75, 3.05) is 6.61 Å². The highest BCUT2D eigenvalue weighted by Crippen LogP contribution is 2.38. The first-order valence-corrected chi connectivity index (χ1v) is 9.53. The van der Waals surface area contributed by atoms with Crippen molar-refractivity contribution in [3.63, 3.8) is 0 Å². The van der Waals surface area contributed by atoms with E-state index in [4.69, 9.17) is 15.5 Å². The van der Waals surface area contributed by atoms with Crippen molar-refractivity contribution in [3.05, 3.63) is 59.9 Å². The number of hydrogen-bond donors (Lipinski definition) is 2. The van der Waals surface area contributed by atoms with Crippen LogP contribution in [0, 0.1) is 0 Å². The summed E-state index contributed by atoms with van der Waals surface area (Å²) < 4.78 is 8.04. The third-order valence-corrected chi connectivity index (χ3v) is 5.25. The van der Waals surface area contributed by atoms with Crippen LogP contribution in [0.15, 0.2) is 53.5 Å². The average molecular weight is 489 g/mol. The predicted molar refractivity (Wildman–Crippen MR) is 121 cm³/mol. The number of imidazole rings is 1. The fraction of sp³-hybridized carbons (Fsp3) is 0.333. The van der Waals surface area contributed by atoms with Crippen LogP contribution in [-0.2, 0) is 6.54 Å². The fourth-order valence-corrected chi connectivity index (χ4v) is 3.82. The number of hydrogen-bond acceptors (Lipinski definition) is 3. The van der Waals surface area contributed by atoms with Gasteiger partial charge in [0, 0.05) is 18.0 Å². The second-order valence-electron chi connectivity index (χ2n) is 7.19. The fourth-order valence-electron chi connectivity index (χ4n) is 3.82. The monoisotopic (exact) mass is 489 g/mol. The van der Waals surface area contributed by atoms with Crippen LogP contribution in [-0.4, -0.2) is 22.1 Å². The normalized spacial score (nSPS) is 18.9. The molecular weight excluding hydrogens is 465 g/mol. The van der Waals surface area contributed by atoms with Gasteiger partial charge in [0.2, 0.25) is 0 Å². The van der Waals surface area contributed by atoms with Gasteiger partial charge in [-0.15, -0.1) is 24.0 Å². The molecule has 28 heavy (non-hydrogen) atoms. The second kappa shape index (κ2) is 7.98. The molecule has 1 atom stereocenters. The van der Waals surface area contributed by atoms with Crippen molar-refractivity contribution < 1.29 is 4.74 Å². The van der Waals surface area contributed by atoms with Crippen molar-refractivity contribution in [2.45, 2.75) is 37.9 Å². The number of para-hydroxylation sites is 3. The number of halogens is 1. The van der Waals surface area contributed by atoms with Gasteiger partial charge in [0.15, 0.2) is 5.96 Å². The molecule has 1 saturated carbocycles. The second-order valence-corrected chi connectivity index (χ2v) is 7.19. The van der Waals surface area contributed by atoms with Crippen LogP contribution < -0.4 is 15.8 Å². The maximum Gasteiger partial charge on any atom is 0.189 e. The summed E-state index contributed by atoms with van der Waals surface area (Å²) in [7, 11) is 0. The molecule has 5 rings (SSSR count). The van der Waals surface area contributed by atoms with Gasteiger partial charge in [-0.05, 0) is 31.0 Å². The Morgan fingerprint density at radius 1 is 1.14 bits per heavy atom. The van der Waals surface area contributed by atoms with Gasteiger partial charge < -0.3 is 20.4 Å². The van der Waals surface area contributed by atoms with Gasteiger partial charge in [-0.3, -0.25) is 0 Å². The van der Waals surface area contributed by atoms with E-state index in [-0.39, 0.29) is 30.0 Å². The maximum absolute atomic E-state index is 6.21. The van der Waals surface area contributed by atoms with Crippen molar-refractivity contribution in [1.29, 1.82) is 0 Å². The first-order chi connectivity index (χ1) is 13.3. The molecule has 146 valence electrons. The summed E-state index contributed by atoms with van der Waals surface area (Å²) in [4.78, 5) is 9.37. The number of aliphatic imine (C=N–C) groups is 1. The molecule has 6 nitrogen and oxygen atoms in total. The lowest BCUT2D eigenvalue weighted by Crippen LogP contribution is -2.37. The molecule has 1 fully saturated rings. The molecule has 0 spiro atoms. The third-order valence-electron chi connectivity index (χ3n) is 5.25. The van der Waals surface area contributed by atoms with E-state index in [1.165, 1.54) is 18.4 Å². The Morgan fingerprint density at radius 2 is 1.93 bits per heavy atom. The minimum Gasteiger partial charge on any atom is -0.493 e. The van der Waals surface area contributed by atoms with Crippen LogP contribution in [0.5, 0.6) is 5.75 Å². The molecule has 3 N–H and O–H groups in total. The lowest BCUT2D eigenvalue weighted by Gasteiger charge is -2.26. The van der Waals surface area contributed by atoms with Crippen LogP contribution in [0.3, 0.4) is 0 Å². The first kappa shape index (κ1) is 19.0. The van der Waals surface area contributed by atoms with Crippen LogP contribution in [0.25, 0.3) is 11.0 Å². The van der Waals surface area contributed by atoms with Crippen LogP contribution in [0.2, 0.25) is 0 Å². The topological polar surface area (TPSA) is 77.5 Å². The largest absolute Gasteiger partial charge is 0.493 e. The summed E-state index contributed by atoms with van der Waals surface area (Å²) in [6.45, 7) is 1.16. The minimum atomic E-state index is 0. The smallest absolute Gasteiger partial charge is 0.189 e.